The van der Waals surface area contributed by atoms with Gasteiger partial charge in [-0.3, -0.25) is 0 Å². The minimum absolute atomic E-state index is 0.363. The van der Waals surface area contributed by atoms with E-state index in [1.807, 2.05) is 0 Å². The molecule has 0 aliphatic carbocycles. The van der Waals surface area contributed by atoms with E-state index in [4.69, 9.17) is 0 Å². The zero-order valence-electron chi connectivity index (χ0n) is 7.84. The highest BCUT2D eigenvalue weighted by atomic mass is 16.7. The van der Waals surface area contributed by atoms with Crippen LogP contribution in [-0.4, -0.2) is 12.8 Å². The van der Waals surface area contributed by atoms with Gasteiger partial charge in [0.05, 0.1) is 6.61 Å². The number of carbonyl (C=O) groups excluding carboxylic acids is 1. The van der Waals surface area contributed by atoms with Crippen LogP contribution < -0.4 is 0 Å². The molecule has 71 valence electrons. The molecule has 0 aliphatic heterocycles. The van der Waals surface area contributed by atoms with Crippen LogP contribution in [-0.2, 0) is 9.47 Å². The maximum Gasteiger partial charge on any atom is 0.508 e. The van der Waals surface area contributed by atoms with E-state index < -0.39 is 6.16 Å². The molecule has 0 aliphatic rings. The molecular weight excluding hydrogens is 156 g/mol. The normalized spacial score (nSPS) is 9.50. The second kappa shape index (κ2) is 8.37. The van der Waals surface area contributed by atoms with Crippen molar-refractivity contribution in [3.05, 3.63) is 6.61 Å². The maximum atomic E-state index is 10.6. The van der Waals surface area contributed by atoms with E-state index in [9.17, 15) is 4.79 Å². The summed E-state index contributed by atoms with van der Waals surface area (Å²) in [5.41, 5.74) is 0. The molecule has 0 rings (SSSR count). The van der Waals surface area contributed by atoms with Crippen molar-refractivity contribution in [3.63, 3.8) is 0 Å². The molecule has 0 saturated carbocycles. The molecule has 0 atom stereocenters. The van der Waals surface area contributed by atoms with Crippen molar-refractivity contribution in [1.29, 1.82) is 0 Å². The summed E-state index contributed by atoms with van der Waals surface area (Å²) in [6, 6.07) is 0. The van der Waals surface area contributed by atoms with Gasteiger partial charge in [-0.25, -0.2) is 4.79 Å². The van der Waals surface area contributed by atoms with Crippen molar-refractivity contribution in [1.82, 2.24) is 0 Å². The van der Waals surface area contributed by atoms with Crippen LogP contribution in [0, 0.1) is 6.61 Å². The van der Waals surface area contributed by atoms with Gasteiger partial charge >= 0.3 is 6.16 Å². The van der Waals surface area contributed by atoms with Crippen LogP contribution in [0.2, 0.25) is 0 Å². The molecule has 3 nitrogen and oxygen atoms in total. The number of carbonyl (C=O) groups is 1. The molecule has 1 radical (unpaired) electrons. The van der Waals surface area contributed by atoms with Crippen LogP contribution in [0.4, 0.5) is 4.79 Å². The lowest BCUT2D eigenvalue weighted by molar-refractivity contribution is 0.0763. The van der Waals surface area contributed by atoms with Gasteiger partial charge in [-0.15, -0.1) is 0 Å². The van der Waals surface area contributed by atoms with Gasteiger partial charge < -0.3 is 9.47 Å². The predicted molar refractivity (Wildman–Crippen MR) is 46.5 cm³/mol. The Balaban J connectivity index is 3.03. The number of hydrogen-bond acceptors (Lipinski definition) is 3. The quantitative estimate of drug-likeness (QED) is 0.457. The minimum atomic E-state index is -0.603. The first kappa shape index (κ1) is 11.3. The molecule has 0 bridgehead atoms. The number of ether oxygens (including phenoxy) is 2. The van der Waals surface area contributed by atoms with Gasteiger partial charge in [0.1, 0.15) is 6.61 Å². The van der Waals surface area contributed by atoms with Crippen LogP contribution in [0.25, 0.3) is 0 Å². The lowest BCUT2D eigenvalue weighted by atomic mass is 10.2. The lowest BCUT2D eigenvalue weighted by Crippen LogP contribution is -2.04. The standard InChI is InChI=1S/C9H17O3/c1-3-5-6-7-8-12-9(10)11-4-2/h8H,3-7H2,1-2H3. The fourth-order valence-electron chi connectivity index (χ4n) is 0.757. The monoisotopic (exact) mass is 173 g/mol. The van der Waals surface area contributed by atoms with Gasteiger partial charge in [0, 0.05) is 0 Å². The highest BCUT2D eigenvalue weighted by Crippen LogP contribution is 2.02. The fourth-order valence-corrected chi connectivity index (χ4v) is 0.757. The van der Waals surface area contributed by atoms with Crippen molar-refractivity contribution in [2.75, 3.05) is 6.61 Å². The van der Waals surface area contributed by atoms with Gasteiger partial charge in [0.15, 0.2) is 0 Å². The Morgan fingerprint density at radius 1 is 1.33 bits per heavy atom. The molecule has 12 heavy (non-hydrogen) atoms. The average molecular weight is 173 g/mol. The smallest absolute Gasteiger partial charge is 0.435 e. The largest absolute Gasteiger partial charge is 0.508 e. The highest BCUT2D eigenvalue weighted by Gasteiger charge is 2.00. The summed E-state index contributed by atoms with van der Waals surface area (Å²) in [6.07, 6.45) is 3.62. The summed E-state index contributed by atoms with van der Waals surface area (Å²) in [5.74, 6) is 0. The van der Waals surface area contributed by atoms with Gasteiger partial charge in [0.2, 0.25) is 0 Å². The van der Waals surface area contributed by atoms with E-state index >= 15 is 0 Å². The summed E-state index contributed by atoms with van der Waals surface area (Å²) >= 11 is 0. The number of hydrogen-bond donors (Lipinski definition) is 0. The Bertz CT molecular complexity index is 112. The summed E-state index contributed by atoms with van der Waals surface area (Å²) in [6.45, 7) is 5.75. The second-order valence-electron chi connectivity index (χ2n) is 2.46. The predicted octanol–water partition coefficient (Wildman–Crippen LogP) is 2.90. The first-order chi connectivity index (χ1) is 5.81. The summed E-state index contributed by atoms with van der Waals surface area (Å²) in [4.78, 5) is 10.6. The van der Waals surface area contributed by atoms with Gasteiger partial charge in [-0.05, 0) is 19.8 Å². The van der Waals surface area contributed by atoms with Crippen LogP contribution in [0.1, 0.15) is 39.5 Å². The average Bonchev–Trinajstić information content (AvgIpc) is 2.05. The highest BCUT2D eigenvalue weighted by molar-refractivity contribution is 5.60. The van der Waals surface area contributed by atoms with E-state index in [-0.39, 0.29) is 0 Å². The molecule has 0 fully saturated rings. The van der Waals surface area contributed by atoms with E-state index in [2.05, 4.69) is 16.4 Å². The third-order valence-electron chi connectivity index (χ3n) is 1.37. The first-order valence-electron chi connectivity index (χ1n) is 4.46. The minimum Gasteiger partial charge on any atom is -0.435 e. The van der Waals surface area contributed by atoms with Crippen molar-refractivity contribution in [2.24, 2.45) is 0 Å². The Labute approximate surface area is 74.0 Å². The third kappa shape index (κ3) is 7.38. The Morgan fingerprint density at radius 2 is 2.08 bits per heavy atom. The van der Waals surface area contributed by atoms with E-state index in [0.717, 1.165) is 12.8 Å². The molecule has 0 saturated heterocycles. The first-order valence-corrected chi connectivity index (χ1v) is 4.46. The fraction of sp³-hybridized carbons (Fsp3) is 0.778. The van der Waals surface area contributed by atoms with E-state index in [0.29, 0.717) is 6.61 Å². The molecular formula is C9H17O3. The van der Waals surface area contributed by atoms with Crippen LogP contribution in [0.15, 0.2) is 0 Å². The van der Waals surface area contributed by atoms with Gasteiger partial charge in [0.25, 0.3) is 0 Å². The third-order valence-corrected chi connectivity index (χ3v) is 1.37. The zero-order chi connectivity index (χ0) is 9.23. The summed E-state index contributed by atoms with van der Waals surface area (Å²) < 4.78 is 9.20. The Hall–Kier alpha value is -0.730. The Morgan fingerprint density at radius 3 is 2.67 bits per heavy atom. The van der Waals surface area contributed by atoms with Crippen molar-refractivity contribution >= 4 is 6.16 Å². The molecule has 0 unspecified atom stereocenters. The number of rotatable bonds is 6. The second-order valence-corrected chi connectivity index (χ2v) is 2.46. The van der Waals surface area contributed by atoms with Gasteiger partial charge in [-0.1, -0.05) is 19.8 Å². The molecule has 3 heteroatoms. The molecule has 0 spiro atoms. The molecule has 0 aromatic rings. The molecule has 0 heterocycles. The van der Waals surface area contributed by atoms with Crippen LogP contribution in [0.5, 0.6) is 0 Å². The molecule has 0 aromatic heterocycles. The number of unbranched alkanes of at least 4 members (excludes halogenated alkanes) is 3. The maximum absolute atomic E-state index is 10.6. The van der Waals surface area contributed by atoms with Crippen LogP contribution in [0.3, 0.4) is 0 Å². The molecule has 0 aromatic carbocycles. The van der Waals surface area contributed by atoms with Crippen LogP contribution >= 0.6 is 0 Å². The van der Waals surface area contributed by atoms with Gasteiger partial charge in [-0.2, -0.15) is 0 Å². The topological polar surface area (TPSA) is 35.5 Å². The van der Waals surface area contributed by atoms with Crippen molar-refractivity contribution in [3.8, 4) is 0 Å². The summed E-state index contributed by atoms with van der Waals surface area (Å²) in [7, 11) is 0. The lowest BCUT2D eigenvalue weighted by Gasteiger charge is -2.02. The van der Waals surface area contributed by atoms with E-state index in [1.165, 1.54) is 19.4 Å². The molecule has 0 amide bonds. The SMILES string of the molecule is CCCCC[CH]OC(=O)OCC. The van der Waals surface area contributed by atoms with Crippen molar-refractivity contribution < 1.29 is 14.3 Å². The Kier molecular flexibility index (Phi) is 7.86. The van der Waals surface area contributed by atoms with Crippen molar-refractivity contribution in [2.45, 2.75) is 39.5 Å². The zero-order valence-corrected chi connectivity index (χ0v) is 7.84. The summed E-state index contributed by atoms with van der Waals surface area (Å²) in [5, 5.41) is 0. The molecule has 0 N–H and O–H groups in total. The van der Waals surface area contributed by atoms with E-state index in [1.54, 1.807) is 6.92 Å².